The number of rotatable bonds is 11. The highest BCUT2D eigenvalue weighted by atomic mass is 35.5. The molecule has 39 heavy (non-hydrogen) atoms. The van der Waals surface area contributed by atoms with Crippen molar-refractivity contribution in [3.8, 4) is 0 Å². The Morgan fingerprint density at radius 2 is 1.49 bits per heavy atom. The van der Waals surface area contributed by atoms with Crippen molar-refractivity contribution in [2.75, 3.05) is 10.8 Å². The number of anilines is 1. The normalized spacial score (nSPS) is 12.2. The molecule has 3 aromatic rings. The minimum atomic E-state index is -4.20. The van der Waals surface area contributed by atoms with Crippen LogP contribution in [-0.4, -0.2) is 43.8 Å². The number of hydrogen-bond acceptors (Lipinski definition) is 4. The lowest BCUT2D eigenvalue weighted by Crippen LogP contribution is -2.53. The Labute approximate surface area is 240 Å². The zero-order valence-electron chi connectivity index (χ0n) is 22.4. The number of halogens is 2. The van der Waals surface area contributed by atoms with Crippen LogP contribution >= 0.6 is 23.2 Å². The van der Waals surface area contributed by atoms with E-state index in [1.807, 2.05) is 20.8 Å². The maximum atomic E-state index is 14.0. The van der Waals surface area contributed by atoms with Crippen molar-refractivity contribution in [2.45, 2.75) is 57.6 Å². The molecule has 2 amide bonds. The van der Waals surface area contributed by atoms with Gasteiger partial charge < -0.3 is 10.2 Å². The molecule has 0 bridgehead atoms. The van der Waals surface area contributed by atoms with E-state index in [0.29, 0.717) is 17.0 Å². The van der Waals surface area contributed by atoms with Gasteiger partial charge in [-0.25, -0.2) is 8.42 Å². The summed E-state index contributed by atoms with van der Waals surface area (Å²) >= 11 is 12.8. The molecule has 0 aliphatic heterocycles. The number of carbonyl (C=O) groups excluding carboxylic acids is 2. The average Bonchev–Trinajstić information content (AvgIpc) is 2.88. The van der Waals surface area contributed by atoms with Gasteiger partial charge in [-0.05, 0) is 63.1 Å². The Kier molecular flexibility index (Phi) is 10.4. The quantitative estimate of drug-likeness (QED) is 0.305. The maximum Gasteiger partial charge on any atom is 0.264 e. The fourth-order valence-electron chi connectivity index (χ4n) is 4.12. The van der Waals surface area contributed by atoms with Gasteiger partial charge in [0.15, 0.2) is 0 Å². The van der Waals surface area contributed by atoms with E-state index in [4.69, 9.17) is 23.2 Å². The van der Waals surface area contributed by atoms with Gasteiger partial charge in [-0.2, -0.15) is 0 Å². The Morgan fingerprint density at radius 3 is 2.05 bits per heavy atom. The summed E-state index contributed by atoms with van der Waals surface area (Å²) in [4.78, 5) is 28.6. The fourth-order valence-corrected chi connectivity index (χ4v) is 6.03. The van der Waals surface area contributed by atoms with E-state index in [2.05, 4.69) is 5.32 Å². The van der Waals surface area contributed by atoms with Crippen molar-refractivity contribution >= 4 is 50.7 Å². The van der Waals surface area contributed by atoms with Crippen LogP contribution in [0, 0.1) is 6.92 Å². The summed E-state index contributed by atoms with van der Waals surface area (Å²) in [6.07, 6.45) is 0.311. The third-order valence-electron chi connectivity index (χ3n) is 6.12. The molecule has 208 valence electrons. The van der Waals surface area contributed by atoms with Crippen LogP contribution in [0.25, 0.3) is 0 Å². The van der Waals surface area contributed by atoms with Gasteiger partial charge in [-0.3, -0.25) is 13.9 Å². The first kappa shape index (κ1) is 30.5. The molecule has 0 aliphatic carbocycles. The van der Waals surface area contributed by atoms with Gasteiger partial charge in [0.25, 0.3) is 10.0 Å². The van der Waals surface area contributed by atoms with Gasteiger partial charge in [0.1, 0.15) is 12.6 Å². The summed E-state index contributed by atoms with van der Waals surface area (Å²) in [5.74, 6) is -0.908. The number of amides is 2. The number of hydrogen-bond donors (Lipinski definition) is 1. The van der Waals surface area contributed by atoms with Crippen molar-refractivity contribution in [2.24, 2.45) is 0 Å². The lowest BCUT2D eigenvalue weighted by Gasteiger charge is -2.34. The van der Waals surface area contributed by atoms with Crippen LogP contribution in [0.4, 0.5) is 5.69 Å². The molecule has 0 aromatic heterocycles. The molecule has 7 nitrogen and oxygen atoms in total. The minimum absolute atomic E-state index is 0.0167. The van der Waals surface area contributed by atoms with Crippen LogP contribution in [0.1, 0.15) is 38.3 Å². The van der Waals surface area contributed by atoms with Crippen LogP contribution in [0.15, 0.2) is 77.7 Å². The minimum Gasteiger partial charge on any atom is -0.352 e. The molecule has 3 aromatic carbocycles. The predicted octanol–water partition coefficient (Wildman–Crippen LogP) is 5.83. The number of aryl methyl sites for hydroxylation is 1. The molecule has 0 radical (unpaired) electrons. The molecule has 0 heterocycles. The lowest BCUT2D eigenvalue weighted by atomic mass is 10.1. The van der Waals surface area contributed by atoms with Crippen LogP contribution in [-0.2, 0) is 26.2 Å². The summed E-state index contributed by atoms with van der Waals surface area (Å²) in [6, 6.07) is 18.8. The molecular formula is C29H33Cl2N3O4S. The van der Waals surface area contributed by atoms with Crippen molar-refractivity contribution < 1.29 is 18.0 Å². The first-order valence-corrected chi connectivity index (χ1v) is 14.8. The number of nitrogens with one attached hydrogen (secondary N) is 1. The molecule has 0 saturated heterocycles. The van der Waals surface area contributed by atoms with Gasteiger partial charge in [0.05, 0.1) is 15.6 Å². The third-order valence-corrected chi connectivity index (χ3v) is 8.59. The van der Waals surface area contributed by atoms with Crippen LogP contribution in [0.3, 0.4) is 0 Å². The van der Waals surface area contributed by atoms with Crippen LogP contribution in [0.5, 0.6) is 0 Å². The van der Waals surface area contributed by atoms with E-state index < -0.39 is 28.5 Å². The number of carbonyl (C=O) groups is 2. The number of para-hydroxylation sites is 1. The highest BCUT2D eigenvalue weighted by Gasteiger charge is 2.34. The molecule has 0 fully saturated rings. The van der Waals surface area contributed by atoms with Gasteiger partial charge in [-0.15, -0.1) is 0 Å². The molecule has 0 spiro atoms. The summed E-state index contributed by atoms with van der Waals surface area (Å²) in [6.45, 7) is 6.76. The molecule has 0 saturated carbocycles. The average molecular weight is 591 g/mol. The third kappa shape index (κ3) is 7.53. The Hall–Kier alpha value is -3.07. The van der Waals surface area contributed by atoms with Gasteiger partial charge in [0.2, 0.25) is 11.8 Å². The topological polar surface area (TPSA) is 86.8 Å². The second kappa shape index (κ2) is 13.3. The van der Waals surface area contributed by atoms with E-state index in [1.165, 1.54) is 17.0 Å². The SMILES string of the molecule is CCC(C(=O)NC(C)C)N(Cc1ccccc1Cl)C(=O)CN(c1ccccc1Cl)S(=O)(=O)c1ccc(C)cc1. The van der Waals surface area contributed by atoms with Crippen LogP contribution in [0.2, 0.25) is 10.0 Å². The highest BCUT2D eigenvalue weighted by molar-refractivity contribution is 7.92. The van der Waals surface area contributed by atoms with Gasteiger partial charge in [-0.1, -0.05) is 78.2 Å². The molecule has 1 N–H and O–H groups in total. The fraction of sp³-hybridized carbons (Fsp3) is 0.310. The second-order valence-electron chi connectivity index (χ2n) is 9.48. The van der Waals surface area contributed by atoms with Gasteiger partial charge in [0, 0.05) is 17.6 Å². The summed E-state index contributed by atoms with van der Waals surface area (Å²) < 4.78 is 28.8. The molecular weight excluding hydrogens is 557 g/mol. The van der Waals surface area contributed by atoms with Gasteiger partial charge >= 0.3 is 0 Å². The Balaban J connectivity index is 2.09. The highest BCUT2D eigenvalue weighted by Crippen LogP contribution is 2.31. The number of sulfonamides is 1. The standard InChI is InChI=1S/C29H33Cl2N3O4S/c1-5-26(29(36)32-20(2)3)33(18-22-10-6-7-11-24(22)30)28(35)19-34(27-13-9-8-12-25(27)31)39(37,38)23-16-14-21(4)15-17-23/h6-17,20,26H,5,18-19H2,1-4H3,(H,32,36). The molecule has 1 unspecified atom stereocenters. The summed E-state index contributed by atoms with van der Waals surface area (Å²) in [5.41, 5.74) is 1.68. The first-order valence-electron chi connectivity index (χ1n) is 12.6. The van der Waals surface area contributed by atoms with Crippen molar-refractivity contribution in [1.29, 1.82) is 0 Å². The maximum absolute atomic E-state index is 14.0. The van der Waals surface area contributed by atoms with Crippen molar-refractivity contribution in [3.05, 3.63) is 94.0 Å². The van der Waals surface area contributed by atoms with E-state index in [1.54, 1.807) is 67.6 Å². The van der Waals surface area contributed by atoms with Crippen molar-refractivity contribution in [3.63, 3.8) is 0 Å². The summed E-state index contributed by atoms with van der Waals surface area (Å²) in [5, 5.41) is 3.47. The number of benzene rings is 3. The lowest BCUT2D eigenvalue weighted by molar-refractivity contribution is -0.140. The largest absolute Gasteiger partial charge is 0.352 e. The van der Waals surface area contributed by atoms with E-state index in [0.717, 1.165) is 9.87 Å². The van der Waals surface area contributed by atoms with E-state index in [9.17, 15) is 18.0 Å². The number of nitrogens with zero attached hydrogens (tertiary/aromatic N) is 2. The van der Waals surface area contributed by atoms with Crippen LogP contribution < -0.4 is 9.62 Å². The zero-order valence-corrected chi connectivity index (χ0v) is 24.7. The first-order chi connectivity index (χ1) is 18.4. The van der Waals surface area contributed by atoms with E-state index >= 15 is 0 Å². The van der Waals surface area contributed by atoms with Crippen molar-refractivity contribution in [1.82, 2.24) is 10.2 Å². The molecule has 0 aliphatic rings. The Bertz CT molecular complexity index is 1410. The molecule has 3 rings (SSSR count). The molecule has 1 atom stereocenters. The monoisotopic (exact) mass is 589 g/mol. The molecule has 10 heteroatoms. The summed E-state index contributed by atoms with van der Waals surface area (Å²) in [7, 11) is -4.20. The predicted molar refractivity (Wildman–Crippen MR) is 157 cm³/mol. The van der Waals surface area contributed by atoms with E-state index in [-0.39, 0.29) is 34.1 Å². The second-order valence-corrected chi connectivity index (χ2v) is 12.2. The zero-order chi connectivity index (χ0) is 28.7. The Morgan fingerprint density at radius 1 is 0.897 bits per heavy atom. The smallest absolute Gasteiger partial charge is 0.264 e.